The Morgan fingerprint density at radius 2 is 1.97 bits per heavy atom. The SMILES string of the molecule is COCCCOc1cc(C(=O)N(C[C@@H]2CNCC2OC(=O)NCc2ccccn2)C(C)C)ccc1OC. The first-order valence-electron chi connectivity index (χ1n) is 12.6. The molecule has 2 amide bonds. The lowest BCUT2D eigenvalue weighted by Gasteiger charge is -2.31. The third-order valence-electron chi connectivity index (χ3n) is 6.15. The van der Waals surface area contributed by atoms with Crippen molar-refractivity contribution in [2.75, 3.05) is 47.1 Å². The topological polar surface area (TPSA) is 111 Å². The van der Waals surface area contributed by atoms with Crippen LogP contribution in [0.25, 0.3) is 0 Å². The summed E-state index contributed by atoms with van der Waals surface area (Å²) in [4.78, 5) is 32.0. The number of rotatable bonds is 13. The average molecular weight is 515 g/mol. The van der Waals surface area contributed by atoms with E-state index in [1.807, 2.05) is 32.0 Å². The molecule has 10 heteroatoms. The van der Waals surface area contributed by atoms with Crippen LogP contribution in [-0.4, -0.2) is 81.1 Å². The minimum Gasteiger partial charge on any atom is -0.493 e. The second kappa shape index (κ2) is 14.4. The maximum Gasteiger partial charge on any atom is 0.407 e. The van der Waals surface area contributed by atoms with Crippen LogP contribution in [0.1, 0.15) is 36.3 Å². The summed E-state index contributed by atoms with van der Waals surface area (Å²) in [5.41, 5.74) is 1.26. The van der Waals surface area contributed by atoms with Gasteiger partial charge in [0.05, 0.1) is 26.0 Å². The van der Waals surface area contributed by atoms with Crippen LogP contribution in [-0.2, 0) is 16.0 Å². The van der Waals surface area contributed by atoms with Gasteiger partial charge < -0.3 is 34.5 Å². The molecule has 202 valence electrons. The molecule has 0 saturated carbocycles. The first-order chi connectivity index (χ1) is 17.9. The number of ether oxygens (including phenoxy) is 4. The van der Waals surface area contributed by atoms with Gasteiger partial charge in [0.1, 0.15) is 6.10 Å². The second-order valence-electron chi connectivity index (χ2n) is 9.15. The smallest absolute Gasteiger partial charge is 0.407 e. The van der Waals surface area contributed by atoms with Crippen LogP contribution in [0.5, 0.6) is 11.5 Å². The number of carbonyl (C=O) groups is 2. The van der Waals surface area contributed by atoms with E-state index < -0.39 is 6.09 Å². The van der Waals surface area contributed by atoms with E-state index in [0.29, 0.717) is 49.9 Å². The fraction of sp³-hybridized carbons (Fsp3) is 0.519. The highest BCUT2D eigenvalue weighted by Gasteiger charge is 2.34. The fourth-order valence-electron chi connectivity index (χ4n) is 4.13. The van der Waals surface area contributed by atoms with Gasteiger partial charge in [-0.3, -0.25) is 9.78 Å². The maximum atomic E-state index is 13.6. The molecule has 0 spiro atoms. The lowest BCUT2D eigenvalue weighted by atomic mass is 10.0. The van der Waals surface area contributed by atoms with E-state index in [9.17, 15) is 9.59 Å². The van der Waals surface area contributed by atoms with E-state index in [0.717, 1.165) is 12.1 Å². The lowest BCUT2D eigenvalue weighted by Crippen LogP contribution is -2.44. The zero-order valence-corrected chi connectivity index (χ0v) is 22.1. The predicted octanol–water partition coefficient (Wildman–Crippen LogP) is 2.87. The first kappa shape index (κ1) is 28.2. The molecule has 2 heterocycles. The Kier molecular flexibility index (Phi) is 11.0. The minimum atomic E-state index is -0.503. The Bertz CT molecular complexity index is 1000. The molecule has 0 aliphatic carbocycles. The van der Waals surface area contributed by atoms with Crippen molar-refractivity contribution < 1.29 is 28.5 Å². The molecule has 1 unspecified atom stereocenters. The number of aromatic nitrogens is 1. The third-order valence-corrected chi connectivity index (χ3v) is 6.15. The molecular formula is C27H38N4O6. The summed E-state index contributed by atoms with van der Waals surface area (Å²) in [6.07, 6.45) is 1.54. The van der Waals surface area contributed by atoms with Gasteiger partial charge in [-0.25, -0.2) is 4.79 Å². The third kappa shape index (κ3) is 8.33. The number of alkyl carbamates (subject to hydrolysis) is 1. The summed E-state index contributed by atoms with van der Waals surface area (Å²) in [7, 11) is 3.21. The number of nitrogens with zero attached hydrogens (tertiary/aromatic N) is 2. The molecule has 1 aromatic heterocycles. The normalized spacial score (nSPS) is 16.9. The highest BCUT2D eigenvalue weighted by Crippen LogP contribution is 2.29. The van der Waals surface area contributed by atoms with Crippen LogP contribution in [0.15, 0.2) is 42.6 Å². The van der Waals surface area contributed by atoms with Gasteiger partial charge >= 0.3 is 6.09 Å². The molecule has 10 nitrogen and oxygen atoms in total. The molecule has 2 N–H and O–H groups in total. The number of carbonyl (C=O) groups excluding carboxylic acids is 2. The maximum absolute atomic E-state index is 13.6. The first-order valence-corrected chi connectivity index (χ1v) is 12.6. The van der Waals surface area contributed by atoms with Crippen LogP contribution in [0, 0.1) is 5.92 Å². The summed E-state index contributed by atoms with van der Waals surface area (Å²) in [5.74, 6) is 0.913. The molecule has 2 atom stereocenters. The number of pyridine rings is 1. The summed E-state index contributed by atoms with van der Waals surface area (Å²) in [6, 6.07) is 10.7. The van der Waals surface area contributed by atoms with Crippen molar-refractivity contribution in [1.29, 1.82) is 0 Å². The number of hydrogen-bond donors (Lipinski definition) is 2. The van der Waals surface area contributed by atoms with E-state index in [-0.39, 0.29) is 30.5 Å². The Labute approximate surface area is 218 Å². The summed E-state index contributed by atoms with van der Waals surface area (Å²) >= 11 is 0. The van der Waals surface area contributed by atoms with E-state index in [1.54, 1.807) is 43.5 Å². The summed E-state index contributed by atoms with van der Waals surface area (Å²) < 4.78 is 22.0. The Hall–Kier alpha value is -3.37. The van der Waals surface area contributed by atoms with Crippen molar-refractivity contribution in [2.45, 2.75) is 39.0 Å². The number of methoxy groups -OCH3 is 2. The van der Waals surface area contributed by atoms with Crippen molar-refractivity contribution in [2.24, 2.45) is 5.92 Å². The number of amides is 2. The number of benzene rings is 1. The van der Waals surface area contributed by atoms with E-state index in [4.69, 9.17) is 18.9 Å². The lowest BCUT2D eigenvalue weighted by molar-refractivity contribution is 0.0521. The second-order valence-corrected chi connectivity index (χ2v) is 9.15. The Balaban J connectivity index is 1.63. The summed E-state index contributed by atoms with van der Waals surface area (Å²) in [5, 5.41) is 6.03. The van der Waals surface area contributed by atoms with Gasteiger partial charge in [0, 0.05) is 63.5 Å². The molecule has 1 saturated heterocycles. The van der Waals surface area contributed by atoms with Gasteiger partial charge in [-0.05, 0) is 44.2 Å². The quantitative estimate of drug-likeness (QED) is 0.393. The van der Waals surface area contributed by atoms with Crippen LogP contribution in [0.3, 0.4) is 0 Å². The van der Waals surface area contributed by atoms with Crippen molar-refractivity contribution in [3.8, 4) is 11.5 Å². The number of hydrogen-bond acceptors (Lipinski definition) is 8. The van der Waals surface area contributed by atoms with Gasteiger partial charge in [-0.1, -0.05) is 6.07 Å². The number of nitrogens with one attached hydrogen (secondary N) is 2. The van der Waals surface area contributed by atoms with Crippen molar-refractivity contribution >= 4 is 12.0 Å². The van der Waals surface area contributed by atoms with Gasteiger partial charge in [0.2, 0.25) is 0 Å². The van der Waals surface area contributed by atoms with Crippen LogP contribution in [0.4, 0.5) is 4.79 Å². The fourth-order valence-corrected chi connectivity index (χ4v) is 4.13. The Morgan fingerprint density at radius 3 is 2.68 bits per heavy atom. The van der Waals surface area contributed by atoms with Gasteiger partial charge in [0.25, 0.3) is 5.91 Å². The van der Waals surface area contributed by atoms with Gasteiger partial charge in [-0.2, -0.15) is 0 Å². The largest absolute Gasteiger partial charge is 0.493 e. The highest BCUT2D eigenvalue weighted by atomic mass is 16.6. The van der Waals surface area contributed by atoms with E-state index in [1.165, 1.54) is 0 Å². The molecule has 0 radical (unpaired) electrons. The molecule has 3 rings (SSSR count). The van der Waals surface area contributed by atoms with Crippen molar-refractivity contribution in [3.63, 3.8) is 0 Å². The molecule has 37 heavy (non-hydrogen) atoms. The molecular weight excluding hydrogens is 476 g/mol. The van der Waals surface area contributed by atoms with Crippen molar-refractivity contribution in [3.05, 3.63) is 53.9 Å². The van der Waals surface area contributed by atoms with Gasteiger partial charge in [0.15, 0.2) is 11.5 Å². The monoisotopic (exact) mass is 514 g/mol. The molecule has 1 aliphatic heterocycles. The Morgan fingerprint density at radius 1 is 1.14 bits per heavy atom. The van der Waals surface area contributed by atoms with E-state index >= 15 is 0 Å². The van der Waals surface area contributed by atoms with Crippen LogP contribution < -0.4 is 20.1 Å². The van der Waals surface area contributed by atoms with Crippen LogP contribution >= 0.6 is 0 Å². The molecule has 1 fully saturated rings. The molecule has 1 aliphatic rings. The zero-order valence-electron chi connectivity index (χ0n) is 22.1. The average Bonchev–Trinajstić information content (AvgIpc) is 3.34. The molecule has 0 bridgehead atoms. The van der Waals surface area contributed by atoms with E-state index in [2.05, 4.69) is 15.6 Å². The molecule has 1 aromatic carbocycles. The molecule has 2 aromatic rings. The predicted molar refractivity (Wildman–Crippen MR) is 139 cm³/mol. The highest BCUT2D eigenvalue weighted by molar-refractivity contribution is 5.95. The summed E-state index contributed by atoms with van der Waals surface area (Å²) in [6.45, 7) is 6.89. The van der Waals surface area contributed by atoms with Gasteiger partial charge in [-0.15, -0.1) is 0 Å². The van der Waals surface area contributed by atoms with Crippen molar-refractivity contribution in [1.82, 2.24) is 20.5 Å². The standard InChI is InChI=1S/C27H38N4O6/c1-19(2)31(26(32)20-9-10-23(35-4)24(14-20)36-13-7-12-34-3)18-21-15-28-17-25(21)37-27(33)30-16-22-8-5-6-11-29-22/h5-6,8-11,14,19,21,25,28H,7,12-13,15-18H2,1-4H3,(H,30,33)/t21-,25?/m0/s1. The zero-order chi connectivity index (χ0) is 26.6. The minimum absolute atomic E-state index is 0.0463. The van der Waals surface area contributed by atoms with Crippen LogP contribution in [0.2, 0.25) is 0 Å².